The number of piperazine rings is 1. The van der Waals surface area contributed by atoms with E-state index in [0.717, 1.165) is 18.4 Å². The lowest BCUT2D eigenvalue weighted by Crippen LogP contribution is -2.50. The summed E-state index contributed by atoms with van der Waals surface area (Å²) in [6.45, 7) is -8.33. The third kappa shape index (κ3) is 4.40. The van der Waals surface area contributed by atoms with Gasteiger partial charge in [-0.1, -0.05) is 15.9 Å². The average molecular weight is 389 g/mol. The molecule has 1 aromatic carbocycles. The molecule has 23 heavy (non-hydrogen) atoms. The SMILES string of the molecule is [2H]C1([2H])N(C(=O)OC(C)(C)C)C([2H])([2H])C([2H])([2H])N(c2cc(Br)cc(C3CC3)c2)C1([2H])[2H]. The van der Waals surface area contributed by atoms with Crippen LogP contribution in [0.1, 0.15) is 56.1 Å². The van der Waals surface area contributed by atoms with Crippen molar-refractivity contribution in [3.8, 4) is 0 Å². The maximum Gasteiger partial charge on any atom is 0.410 e. The first-order valence-electron chi connectivity index (χ1n) is 11.5. The van der Waals surface area contributed by atoms with Gasteiger partial charge in [0.2, 0.25) is 0 Å². The lowest BCUT2D eigenvalue weighted by molar-refractivity contribution is 0.0240. The summed E-state index contributed by atoms with van der Waals surface area (Å²) in [5.41, 5.74) is -0.321. The number of carbonyl (C=O) groups excluding carboxylic acids is 1. The number of amides is 1. The summed E-state index contributed by atoms with van der Waals surface area (Å²) in [4.78, 5) is 13.1. The topological polar surface area (TPSA) is 32.8 Å². The van der Waals surface area contributed by atoms with E-state index < -0.39 is 37.7 Å². The monoisotopic (exact) mass is 388 g/mol. The van der Waals surface area contributed by atoms with Gasteiger partial charge in [-0.05, 0) is 63.3 Å². The van der Waals surface area contributed by atoms with E-state index in [1.807, 2.05) is 6.07 Å². The van der Waals surface area contributed by atoms with E-state index in [1.165, 1.54) is 26.8 Å². The van der Waals surface area contributed by atoms with Gasteiger partial charge in [-0.25, -0.2) is 4.79 Å². The van der Waals surface area contributed by atoms with Crippen LogP contribution in [0.4, 0.5) is 10.5 Å². The molecule has 1 aliphatic carbocycles. The molecule has 1 heterocycles. The molecule has 1 aromatic rings. The van der Waals surface area contributed by atoms with Crippen LogP contribution in [0.2, 0.25) is 0 Å². The molecule has 2 fully saturated rings. The number of nitrogens with zero attached hydrogens (tertiary/aromatic N) is 2. The number of ether oxygens (including phenoxy) is 1. The molecule has 0 spiro atoms. The Morgan fingerprint density at radius 1 is 1.22 bits per heavy atom. The summed E-state index contributed by atoms with van der Waals surface area (Å²) in [5.74, 6) is 0.240. The van der Waals surface area contributed by atoms with Crippen molar-refractivity contribution >= 4 is 27.7 Å². The molecule has 126 valence electrons. The molecule has 1 amide bonds. The molecule has 4 nitrogen and oxygen atoms in total. The molecule has 0 atom stereocenters. The number of benzene rings is 1. The molecule has 5 heteroatoms. The number of rotatable bonds is 2. The largest absolute Gasteiger partial charge is 0.444 e. The van der Waals surface area contributed by atoms with E-state index in [0.29, 0.717) is 9.37 Å². The molecule has 0 bridgehead atoms. The Morgan fingerprint density at radius 2 is 1.87 bits per heavy atom. The summed E-state index contributed by atoms with van der Waals surface area (Å²) in [6, 6.07) is 4.79. The first-order valence-corrected chi connectivity index (χ1v) is 8.27. The van der Waals surface area contributed by atoms with Crippen molar-refractivity contribution in [2.24, 2.45) is 0 Å². The summed E-state index contributed by atoms with van der Waals surface area (Å²) in [5, 5.41) is 0. The standard InChI is InChI=1S/C18H25BrN2O2/c1-18(2,3)23-17(22)21-8-6-20(7-9-21)16-11-14(13-4-5-13)10-15(19)12-16/h10-13H,4-9H2,1-3H3/i6D2,7D2,8D2,9D2. The van der Waals surface area contributed by atoms with Gasteiger partial charge in [0.05, 0.1) is 11.0 Å². The van der Waals surface area contributed by atoms with Crippen LogP contribution >= 0.6 is 15.9 Å². The molecule has 1 saturated heterocycles. The molecule has 0 radical (unpaired) electrons. The number of halogens is 1. The number of hydrogen-bond donors (Lipinski definition) is 0. The van der Waals surface area contributed by atoms with Gasteiger partial charge in [0.25, 0.3) is 0 Å². The molecule has 1 aliphatic heterocycles. The van der Waals surface area contributed by atoms with Crippen molar-refractivity contribution in [1.29, 1.82) is 0 Å². The predicted octanol–water partition coefficient (Wildman–Crippen LogP) is 4.38. The van der Waals surface area contributed by atoms with E-state index in [4.69, 9.17) is 15.7 Å². The zero-order valence-corrected chi connectivity index (χ0v) is 14.9. The molecule has 2 aliphatic rings. The van der Waals surface area contributed by atoms with Crippen LogP contribution in [-0.4, -0.2) is 42.6 Å². The van der Waals surface area contributed by atoms with Crippen LogP contribution in [0.15, 0.2) is 22.7 Å². The number of carbonyl (C=O) groups is 1. The second kappa shape index (κ2) is 6.34. The van der Waals surface area contributed by atoms with Gasteiger partial charge in [-0.2, -0.15) is 0 Å². The summed E-state index contributed by atoms with van der Waals surface area (Å²) in [6.07, 6.45) is 0.385. The third-order valence-electron chi connectivity index (χ3n) is 3.34. The van der Waals surface area contributed by atoms with E-state index >= 15 is 0 Å². The number of anilines is 1. The summed E-state index contributed by atoms with van der Waals surface area (Å²) >= 11 is 3.33. The zero-order valence-electron chi connectivity index (χ0n) is 21.3. The minimum absolute atomic E-state index is 0.0251. The Labute approximate surface area is 158 Å². The smallest absolute Gasteiger partial charge is 0.410 e. The average Bonchev–Trinajstić information content (AvgIpc) is 3.34. The minimum Gasteiger partial charge on any atom is -0.444 e. The van der Waals surface area contributed by atoms with Gasteiger partial charge >= 0.3 is 6.09 Å². The van der Waals surface area contributed by atoms with E-state index in [9.17, 15) is 4.79 Å². The van der Waals surface area contributed by atoms with Crippen LogP contribution in [0.25, 0.3) is 0 Å². The van der Waals surface area contributed by atoms with Gasteiger partial charge in [-0.3, -0.25) is 0 Å². The third-order valence-corrected chi connectivity index (χ3v) is 3.79. The Morgan fingerprint density at radius 3 is 2.43 bits per heavy atom. The fraction of sp³-hybridized carbons (Fsp3) is 0.611. The van der Waals surface area contributed by atoms with Crippen molar-refractivity contribution in [1.82, 2.24) is 4.90 Å². The predicted molar refractivity (Wildman–Crippen MR) is 96.1 cm³/mol. The molecular weight excluding hydrogens is 356 g/mol. The molecule has 3 rings (SSSR count). The van der Waals surface area contributed by atoms with Gasteiger partial charge < -0.3 is 14.5 Å². The Bertz CT molecular complexity index is 871. The summed E-state index contributed by atoms with van der Waals surface area (Å²) in [7, 11) is 0. The highest BCUT2D eigenvalue weighted by molar-refractivity contribution is 9.10. The maximum atomic E-state index is 12.7. The molecular formula is C18H25BrN2O2. The van der Waals surface area contributed by atoms with Crippen molar-refractivity contribution in [3.63, 3.8) is 0 Å². The van der Waals surface area contributed by atoms with E-state index in [2.05, 4.69) is 15.9 Å². The zero-order chi connectivity index (χ0) is 23.8. The van der Waals surface area contributed by atoms with Crippen molar-refractivity contribution in [2.75, 3.05) is 30.9 Å². The van der Waals surface area contributed by atoms with E-state index in [-0.39, 0.29) is 16.5 Å². The van der Waals surface area contributed by atoms with Crippen molar-refractivity contribution in [2.45, 2.75) is 45.1 Å². The highest BCUT2D eigenvalue weighted by Gasteiger charge is 2.28. The van der Waals surface area contributed by atoms with Gasteiger partial charge in [0.15, 0.2) is 0 Å². The minimum atomic E-state index is -3.27. The van der Waals surface area contributed by atoms with Crippen LogP contribution in [0.3, 0.4) is 0 Å². The lowest BCUT2D eigenvalue weighted by atomic mass is 10.1. The van der Waals surface area contributed by atoms with Crippen LogP contribution < -0.4 is 4.90 Å². The molecule has 0 N–H and O–H groups in total. The van der Waals surface area contributed by atoms with Crippen LogP contribution in [-0.2, 0) is 4.74 Å². The van der Waals surface area contributed by atoms with E-state index in [1.54, 1.807) is 6.07 Å². The van der Waals surface area contributed by atoms with Crippen molar-refractivity contribution < 1.29 is 20.5 Å². The summed E-state index contributed by atoms with van der Waals surface area (Å²) < 4.78 is 73.3. The first kappa shape index (κ1) is 9.30. The highest BCUT2D eigenvalue weighted by Crippen LogP contribution is 2.42. The van der Waals surface area contributed by atoms with Crippen molar-refractivity contribution in [3.05, 3.63) is 28.2 Å². The lowest BCUT2D eigenvalue weighted by Gasteiger charge is -2.37. The Hall–Kier alpha value is -1.23. The van der Waals surface area contributed by atoms with Gasteiger partial charge in [0.1, 0.15) is 5.60 Å². The van der Waals surface area contributed by atoms with Gasteiger partial charge in [0, 0.05) is 36.1 Å². The van der Waals surface area contributed by atoms with Crippen LogP contribution in [0.5, 0.6) is 0 Å². The normalized spacial score (nSPS) is 32.9. The molecule has 0 unspecified atom stereocenters. The quantitative estimate of drug-likeness (QED) is 0.753. The Balaban J connectivity index is 2.18. The fourth-order valence-corrected chi connectivity index (χ4v) is 2.66. The second-order valence-corrected chi connectivity index (χ2v) is 7.53. The fourth-order valence-electron chi connectivity index (χ4n) is 2.16. The highest BCUT2D eigenvalue weighted by atomic mass is 79.9. The molecule has 0 aromatic heterocycles. The molecule has 1 saturated carbocycles. The second-order valence-electron chi connectivity index (χ2n) is 6.62. The first-order chi connectivity index (χ1) is 13.8. The van der Waals surface area contributed by atoms with Crippen LogP contribution in [0, 0.1) is 0 Å². The maximum absolute atomic E-state index is 12.7. The Kier molecular flexibility index (Phi) is 2.57. The van der Waals surface area contributed by atoms with Gasteiger partial charge in [-0.15, -0.1) is 0 Å². The number of hydrogen-bond acceptors (Lipinski definition) is 3.